The number of amides is 2. The summed E-state index contributed by atoms with van der Waals surface area (Å²) in [6, 6.07) is 16.3. The van der Waals surface area contributed by atoms with E-state index in [9.17, 15) is 22.4 Å². The molecule has 3 aromatic carbocycles. The molecule has 0 bridgehead atoms. The number of aryl methyl sites for hydroxylation is 1. The number of rotatable bonds is 6. The summed E-state index contributed by atoms with van der Waals surface area (Å²) in [6.07, 6.45) is 0. The van der Waals surface area contributed by atoms with Crippen LogP contribution in [-0.4, -0.2) is 33.1 Å². The number of carbonyl (C=O) groups excluding carboxylic acids is 2. The normalized spacial score (nSPS) is 15.9. The number of anilines is 1. The molecule has 1 aliphatic heterocycles. The van der Waals surface area contributed by atoms with Crippen LogP contribution >= 0.6 is 11.8 Å². The molecule has 1 unspecified atom stereocenters. The van der Waals surface area contributed by atoms with Crippen LogP contribution in [0, 0.1) is 12.7 Å². The third-order valence-corrected chi connectivity index (χ3v) is 7.90. The molecule has 1 fully saturated rings. The molecule has 1 saturated heterocycles. The molecule has 34 heavy (non-hydrogen) atoms. The van der Waals surface area contributed by atoms with Crippen molar-refractivity contribution in [1.82, 2.24) is 4.72 Å². The Bertz CT molecular complexity index is 1340. The molecule has 10 heteroatoms. The van der Waals surface area contributed by atoms with Gasteiger partial charge in [0.15, 0.2) is 0 Å². The van der Waals surface area contributed by atoms with Crippen LogP contribution in [-0.2, 0) is 14.8 Å². The van der Waals surface area contributed by atoms with Gasteiger partial charge in [0, 0.05) is 11.3 Å². The van der Waals surface area contributed by atoms with Crippen molar-refractivity contribution in [2.45, 2.75) is 17.2 Å². The van der Waals surface area contributed by atoms with E-state index >= 15 is 0 Å². The number of ether oxygens (including phenoxy) is 1. The van der Waals surface area contributed by atoms with Crippen molar-refractivity contribution >= 4 is 39.3 Å². The van der Waals surface area contributed by atoms with E-state index in [1.807, 2.05) is 0 Å². The van der Waals surface area contributed by atoms with Crippen molar-refractivity contribution in [2.75, 3.05) is 17.8 Å². The van der Waals surface area contributed by atoms with E-state index in [4.69, 9.17) is 4.74 Å². The molecule has 0 spiro atoms. The smallest absolute Gasteiger partial charge is 0.265 e. The fourth-order valence-electron chi connectivity index (χ4n) is 3.62. The second-order valence-electron chi connectivity index (χ2n) is 7.59. The average molecular weight is 501 g/mol. The molecule has 0 aliphatic carbocycles. The van der Waals surface area contributed by atoms with Crippen LogP contribution < -0.4 is 14.4 Å². The Kier molecular flexibility index (Phi) is 6.63. The topological polar surface area (TPSA) is 92.8 Å². The molecule has 1 aliphatic rings. The fraction of sp³-hybridized carbons (Fsp3) is 0.167. The maximum Gasteiger partial charge on any atom is 0.265 e. The lowest BCUT2D eigenvalue weighted by atomic mass is 10.1. The van der Waals surface area contributed by atoms with Gasteiger partial charge in [0.2, 0.25) is 5.91 Å². The van der Waals surface area contributed by atoms with Crippen LogP contribution in [0.25, 0.3) is 0 Å². The van der Waals surface area contributed by atoms with Gasteiger partial charge in [-0.05, 0) is 72.6 Å². The molecule has 0 saturated carbocycles. The molecule has 1 N–H and O–H groups in total. The Morgan fingerprint density at radius 3 is 2.38 bits per heavy atom. The zero-order valence-electron chi connectivity index (χ0n) is 18.3. The van der Waals surface area contributed by atoms with Gasteiger partial charge in [-0.3, -0.25) is 14.5 Å². The number of sulfonamides is 1. The summed E-state index contributed by atoms with van der Waals surface area (Å²) >= 11 is 1.43. The van der Waals surface area contributed by atoms with E-state index in [1.54, 1.807) is 30.0 Å². The van der Waals surface area contributed by atoms with E-state index < -0.39 is 15.9 Å². The Morgan fingerprint density at radius 2 is 1.76 bits per heavy atom. The van der Waals surface area contributed by atoms with Crippen molar-refractivity contribution in [3.63, 3.8) is 0 Å². The SMILES string of the molecule is COc1ccc(S(=O)(=O)NC(=O)c2ccc(N3C(=O)CSC3c3ccc(F)cc3)c(C)c2)cc1. The Labute approximate surface area is 201 Å². The van der Waals surface area contributed by atoms with Crippen molar-refractivity contribution in [3.8, 4) is 5.75 Å². The zero-order chi connectivity index (χ0) is 24.5. The molecule has 1 heterocycles. The Balaban J connectivity index is 1.56. The number of hydrogen-bond acceptors (Lipinski definition) is 6. The molecule has 0 aromatic heterocycles. The minimum atomic E-state index is -4.08. The number of halogens is 1. The maximum absolute atomic E-state index is 13.3. The summed E-state index contributed by atoms with van der Waals surface area (Å²) in [5.74, 6) is -0.501. The van der Waals surface area contributed by atoms with Crippen LogP contribution in [0.3, 0.4) is 0 Å². The summed E-state index contributed by atoms with van der Waals surface area (Å²) in [4.78, 5) is 26.9. The van der Waals surface area contributed by atoms with Gasteiger partial charge < -0.3 is 4.74 Å². The van der Waals surface area contributed by atoms with Crippen LogP contribution in [0.2, 0.25) is 0 Å². The summed E-state index contributed by atoms with van der Waals surface area (Å²) < 4.78 is 45.6. The van der Waals surface area contributed by atoms with Gasteiger partial charge in [-0.2, -0.15) is 0 Å². The molecule has 4 rings (SSSR count). The molecular weight excluding hydrogens is 479 g/mol. The summed E-state index contributed by atoms with van der Waals surface area (Å²) in [7, 11) is -2.62. The summed E-state index contributed by atoms with van der Waals surface area (Å²) in [5.41, 5.74) is 2.14. The van der Waals surface area contributed by atoms with Gasteiger partial charge in [-0.15, -0.1) is 11.8 Å². The summed E-state index contributed by atoms with van der Waals surface area (Å²) in [5, 5.41) is -0.332. The zero-order valence-corrected chi connectivity index (χ0v) is 20.0. The highest BCUT2D eigenvalue weighted by molar-refractivity contribution is 8.00. The molecule has 7 nitrogen and oxygen atoms in total. The minimum absolute atomic E-state index is 0.0724. The molecule has 2 amide bonds. The summed E-state index contributed by atoms with van der Waals surface area (Å²) in [6.45, 7) is 1.74. The van der Waals surface area contributed by atoms with Crippen LogP contribution in [0.4, 0.5) is 10.1 Å². The van der Waals surface area contributed by atoms with Crippen molar-refractivity contribution in [2.24, 2.45) is 0 Å². The van der Waals surface area contributed by atoms with Gasteiger partial charge >= 0.3 is 0 Å². The molecular formula is C24H21FN2O5S2. The lowest BCUT2D eigenvalue weighted by molar-refractivity contribution is -0.115. The predicted octanol–water partition coefficient (Wildman–Crippen LogP) is 4.04. The Hall–Kier alpha value is -3.37. The van der Waals surface area contributed by atoms with Gasteiger partial charge in [-0.25, -0.2) is 17.5 Å². The predicted molar refractivity (Wildman–Crippen MR) is 128 cm³/mol. The standard InChI is InChI=1S/C24H21FN2O5S2/c1-15-13-17(23(29)26-34(30,31)20-10-8-19(32-2)9-11-20)5-12-21(15)27-22(28)14-33-24(27)16-3-6-18(25)7-4-16/h3-13,24H,14H2,1-2H3,(H,26,29). The van der Waals surface area contributed by atoms with Gasteiger partial charge in [0.25, 0.3) is 15.9 Å². The number of thioether (sulfide) groups is 1. The molecule has 3 aromatic rings. The highest BCUT2D eigenvalue weighted by Gasteiger charge is 2.35. The first-order valence-corrected chi connectivity index (χ1v) is 12.7. The minimum Gasteiger partial charge on any atom is -0.497 e. The number of nitrogens with one attached hydrogen (secondary N) is 1. The third kappa shape index (κ3) is 4.78. The lowest BCUT2D eigenvalue weighted by Gasteiger charge is -2.26. The van der Waals surface area contributed by atoms with E-state index in [0.29, 0.717) is 17.0 Å². The second kappa shape index (κ2) is 9.47. The number of methoxy groups -OCH3 is 1. The first-order valence-electron chi connectivity index (χ1n) is 10.2. The van der Waals surface area contributed by atoms with Crippen LogP contribution in [0.5, 0.6) is 5.75 Å². The highest BCUT2D eigenvalue weighted by atomic mass is 32.2. The van der Waals surface area contributed by atoms with Gasteiger partial charge in [0.05, 0.1) is 17.8 Å². The third-order valence-electron chi connectivity index (χ3n) is 5.34. The lowest BCUT2D eigenvalue weighted by Crippen LogP contribution is -2.31. The van der Waals surface area contributed by atoms with E-state index in [-0.39, 0.29) is 33.3 Å². The average Bonchev–Trinajstić information content (AvgIpc) is 3.20. The number of nitrogens with zero attached hydrogens (tertiary/aromatic N) is 1. The molecule has 0 radical (unpaired) electrons. The number of benzene rings is 3. The van der Waals surface area contributed by atoms with Gasteiger partial charge in [-0.1, -0.05) is 12.1 Å². The van der Waals surface area contributed by atoms with E-state index in [1.165, 1.54) is 67.4 Å². The fourth-order valence-corrected chi connectivity index (χ4v) is 5.76. The van der Waals surface area contributed by atoms with Crippen molar-refractivity contribution in [1.29, 1.82) is 0 Å². The van der Waals surface area contributed by atoms with Gasteiger partial charge in [0.1, 0.15) is 16.9 Å². The van der Waals surface area contributed by atoms with Crippen molar-refractivity contribution in [3.05, 3.63) is 89.2 Å². The highest BCUT2D eigenvalue weighted by Crippen LogP contribution is 2.42. The maximum atomic E-state index is 13.3. The first-order chi connectivity index (χ1) is 16.2. The van der Waals surface area contributed by atoms with Crippen LogP contribution in [0.15, 0.2) is 71.6 Å². The van der Waals surface area contributed by atoms with Crippen molar-refractivity contribution < 1.29 is 27.1 Å². The van der Waals surface area contributed by atoms with E-state index in [0.717, 1.165) is 5.56 Å². The largest absolute Gasteiger partial charge is 0.497 e. The number of carbonyl (C=O) groups is 2. The number of hydrogen-bond donors (Lipinski definition) is 1. The molecule has 1 atom stereocenters. The second-order valence-corrected chi connectivity index (χ2v) is 10.3. The molecule has 176 valence electrons. The Morgan fingerprint density at radius 1 is 1.09 bits per heavy atom. The van der Waals surface area contributed by atoms with E-state index in [2.05, 4.69) is 4.72 Å². The van der Waals surface area contributed by atoms with Crippen LogP contribution in [0.1, 0.15) is 26.9 Å². The quantitative estimate of drug-likeness (QED) is 0.549. The monoisotopic (exact) mass is 500 g/mol. The first kappa shape index (κ1) is 23.8.